The first kappa shape index (κ1) is 19.7. The van der Waals surface area contributed by atoms with E-state index in [9.17, 15) is 4.79 Å². The number of thioether (sulfide) groups is 1. The van der Waals surface area contributed by atoms with Crippen molar-refractivity contribution in [1.29, 1.82) is 0 Å². The van der Waals surface area contributed by atoms with Crippen LogP contribution in [0.5, 0.6) is 11.5 Å². The van der Waals surface area contributed by atoms with E-state index in [4.69, 9.17) is 26.2 Å². The number of halogens is 1. The van der Waals surface area contributed by atoms with Crippen LogP contribution in [0.1, 0.15) is 11.8 Å². The highest BCUT2D eigenvalue weighted by molar-refractivity contribution is 8.00. The van der Waals surface area contributed by atoms with E-state index in [2.05, 4.69) is 9.97 Å². The van der Waals surface area contributed by atoms with Crippen molar-refractivity contribution in [3.05, 3.63) is 28.2 Å². The summed E-state index contributed by atoms with van der Waals surface area (Å²) in [7, 11) is 3.17. The van der Waals surface area contributed by atoms with Crippen molar-refractivity contribution in [2.24, 2.45) is 0 Å². The molecule has 0 spiro atoms. The van der Waals surface area contributed by atoms with Crippen LogP contribution in [0.3, 0.4) is 0 Å². The maximum Gasteiger partial charge on any atom is 0.316 e. The average molecular weight is 425 g/mol. The van der Waals surface area contributed by atoms with Crippen LogP contribution in [0.25, 0.3) is 21.3 Å². The van der Waals surface area contributed by atoms with E-state index in [0.717, 1.165) is 38.0 Å². The standard InChI is InChI=1S/C18H17ClN2O4S2/c1-8-13(10-5-6-11(24-3)12(7-10)25-4)14-15(19)20-18(21-16(14)26-8)27-9(2)17(22)23/h5-7,9H,1-4H3,(H,22,23). The summed E-state index contributed by atoms with van der Waals surface area (Å²) in [5.41, 5.74) is 1.85. The lowest BCUT2D eigenvalue weighted by molar-refractivity contribution is -0.136. The number of aryl methyl sites for hydroxylation is 1. The maximum atomic E-state index is 11.1. The number of methoxy groups -OCH3 is 2. The first-order valence-electron chi connectivity index (χ1n) is 7.94. The van der Waals surface area contributed by atoms with E-state index in [-0.39, 0.29) is 0 Å². The predicted molar refractivity (Wildman–Crippen MR) is 109 cm³/mol. The van der Waals surface area contributed by atoms with E-state index in [1.54, 1.807) is 21.1 Å². The number of aliphatic carboxylic acids is 1. The molecule has 2 heterocycles. The van der Waals surface area contributed by atoms with Gasteiger partial charge in [-0.1, -0.05) is 29.4 Å². The number of nitrogens with zero attached hydrogens (tertiary/aromatic N) is 2. The molecule has 0 saturated carbocycles. The van der Waals surface area contributed by atoms with Crippen molar-refractivity contribution in [3.8, 4) is 22.6 Å². The summed E-state index contributed by atoms with van der Waals surface area (Å²) in [6, 6.07) is 5.66. The number of carboxylic acid groups (broad SMARTS) is 1. The molecular weight excluding hydrogens is 408 g/mol. The maximum absolute atomic E-state index is 11.1. The van der Waals surface area contributed by atoms with E-state index >= 15 is 0 Å². The smallest absolute Gasteiger partial charge is 0.316 e. The summed E-state index contributed by atoms with van der Waals surface area (Å²) in [4.78, 5) is 21.6. The number of thiophene rings is 1. The fourth-order valence-electron chi connectivity index (χ4n) is 2.65. The molecule has 1 unspecified atom stereocenters. The monoisotopic (exact) mass is 424 g/mol. The van der Waals surface area contributed by atoms with Crippen LogP contribution < -0.4 is 9.47 Å². The Bertz CT molecular complexity index is 1020. The highest BCUT2D eigenvalue weighted by Crippen LogP contribution is 2.43. The number of hydrogen-bond donors (Lipinski definition) is 1. The van der Waals surface area contributed by atoms with Crippen molar-refractivity contribution in [2.75, 3.05) is 14.2 Å². The third kappa shape index (κ3) is 3.83. The molecule has 2 aromatic heterocycles. The molecule has 1 atom stereocenters. The first-order chi connectivity index (χ1) is 12.8. The molecule has 0 fully saturated rings. The number of aromatic nitrogens is 2. The number of carboxylic acids is 1. The Morgan fingerprint density at radius 1 is 1.26 bits per heavy atom. The number of fused-ring (bicyclic) bond motifs is 1. The second-order valence-electron chi connectivity index (χ2n) is 5.68. The molecule has 0 aliphatic carbocycles. The Kier molecular flexibility index (Phi) is 5.78. The normalized spacial score (nSPS) is 12.2. The lowest BCUT2D eigenvalue weighted by Crippen LogP contribution is -2.11. The predicted octanol–water partition coefficient (Wildman–Crippen LogP) is 4.90. The van der Waals surface area contributed by atoms with Crippen LogP contribution in [-0.2, 0) is 4.79 Å². The average Bonchev–Trinajstić information content (AvgIpc) is 2.97. The highest BCUT2D eigenvalue weighted by Gasteiger charge is 2.21. The molecule has 0 saturated heterocycles. The van der Waals surface area contributed by atoms with Crippen molar-refractivity contribution in [1.82, 2.24) is 9.97 Å². The van der Waals surface area contributed by atoms with Gasteiger partial charge in [-0.15, -0.1) is 11.3 Å². The number of ether oxygens (including phenoxy) is 2. The SMILES string of the molecule is COc1ccc(-c2c(C)sc3nc(SC(C)C(=O)O)nc(Cl)c23)cc1OC. The second-order valence-corrected chi connectivity index (χ2v) is 8.55. The minimum atomic E-state index is -0.923. The Balaban J connectivity index is 2.12. The molecule has 3 aromatic rings. The molecule has 27 heavy (non-hydrogen) atoms. The molecule has 0 aliphatic heterocycles. The zero-order chi connectivity index (χ0) is 19.7. The van der Waals surface area contributed by atoms with Gasteiger partial charge in [-0.3, -0.25) is 4.79 Å². The minimum Gasteiger partial charge on any atom is -0.493 e. The van der Waals surface area contributed by atoms with Gasteiger partial charge in [-0.2, -0.15) is 0 Å². The summed E-state index contributed by atoms with van der Waals surface area (Å²) < 4.78 is 10.7. The molecule has 9 heteroatoms. The summed E-state index contributed by atoms with van der Waals surface area (Å²) in [6.07, 6.45) is 0. The fraction of sp³-hybridized carbons (Fsp3) is 0.278. The van der Waals surface area contributed by atoms with Crippen LogP contribution in [0.15, 0.2) is 23.4 Å². The van der Waals surface area contributed by atoms with Gasteiger partial charge < -0.3 is 14.6 Å². The lowest BCUT2D eigenvalue weighted by atomic mass is 10.0. The summed E-state index contributed by atoms with van der Waals surface area (Å²) in [5, 5.41) is 9.82. The molecule has 1 N–H and O–H groups in total. The van der Waals surface area contributed by atoms with Gasteiger partial charge in [0.1, 0.15) is 15.2 Å². The fourth-order valence-corrected chi connectivity index (χ4v) is 4.83. The molecule has 0 aliphatic rings. The molecule has 142 valence electrons. The van der Waals surface area contributed by atoms with Crippen molar-refractivity contribution in [2.45, 2.75) is 24.3 Å². The van der Waals surface area contributed by atoms with Gasteiger partial charge in [0.05, 0.1) is 19.6 Å². The highest BCUT2D eigenvalue weighted by atomic mass is 35.5. The quantitative estimate of drug-likeness (QED) is 0.342. The van der Waals surface area contributed by atoms with Crippen molar-refractivity contribution in [3.63, 3.8) is 0 Å². The molecular formula is C18H17ClN2O4S2. The Labute approximate surface area is 169 Å². The van der Waals surface area contributed by atoms with Gasteiger partial charge >= 0.3 is 5.97 Å². The zero-order valence-electron chi connectivity index (χ0n) is 15.1. The lowest BCUT2D eigenvalue weighted by Gasteiger charge is -2.10. The van der Waals surface area contributed by atoms with Crippen LogP contribution in [-0.4, -0.2) is 40.5 Å². The minimum absolute atomic E-state index is 0.300. The Morgan fingerprint density at radius 3 is 2.59 bits per heavy atom. The topological polar surface area (TPSA) is 81.5 Å². The molecule has 1 aromatic carbocycles. The van der Waals surface area contributed by atoms with Crippen LogP contribution in [0.2, 0.25) is 5.15 Å². The van der Waals surface area contributed by atoms with Crippen LogP contribution in [0.4, 0.5) is 0 Å². The van der Waals surface area contributed by atoms with Gasteiger partial charge in [0.25, 0.3) is 0 Å². The van der Waals surface area contributed by atoms with Crippen molar-refractivity contribution >= 4 is 50.9 Å². The second kappa shape index (κ2) is 7.92. The summed E-state index contributed by atoms with van der Waals surface area (Å²) in [6.45, 7) is 3.57. The third-order valence-corrected chi connectivity index (χ3v) is 6.19. The molecule has 0 bridgehead atoms. The van der Waals surface area contributed by atoms with Gasteiger partial charge in [0.15, 0.2) is 16.7 Å². The first-order valence-corrected chi connectivity index (χ1v) is 10.0. The van der Waals surface area contributed by atoms with Crippen LogP contribution in [0, 0.1) is 6.92 Å². The van der Waals surface area contributed by atoms with E-state index in [1.165, 1.54) is 11.3 Å². The molecule has 3 rings (SSSR count). The number of benzene rings is 1. The van der Waals surface area contributed by atoms with E-state index in [1.807, 2.05) is 25.1 Å². The molecule has 0 radical (unpaired) electrons. The zero-order valence-corrected chi connectivity index (χ0v) is 17.5. The Morgan fingerprint density at radius 2 is 1.96 bits per heavy atom. The Hall–Kier alpha value is -2.03. The molecule has 6 nitrogen and oxygen atoms in total. The van der Waals surface area contributed by atoms with Crippen LogP contribution >= 0.6 is 34.7 Å². The van der Waals surface area contributed by atoms with Gasteiger partial charge in [0.2, 0.25) is 0 Å². The van der Waals surface area contributed by atoms with Gasteiger partial charge in [0, 0.05) is 10.4 Å². The third-order valence-electron chi connectivity index (χ3n) is 3.97. The number of hydrogen-bond acceptors (Lipinski definition) is 7. The van der Waals surface area contributed by atoms with Gasteiger partial charge in [-0.25, -0.2) is 9.97 Å². The number of carbonyl (C=O) groups is 1. The van der Waals surface area contributed by atoms with E-state index < -0.39 is 11.2 Å². The summed E-state index contributed by atoms with van der Waals surface area (Å²) in [5.74, 6) is 0.337. The summed E-state index contributed by atoms with van der Waals surface area (Å²) >= 11 is 9.02. The van der Waals surface area contributed by atoms with Gasteiger partial charge in [-0.05, 0) is 31.5 Å². The van der Waals surface area contributed by atoms with Crippen molar-refractivity contribution < 1.29 is 19.4 Å². The number of rotatable bonds is 6. The largest absolute Gasteiger partial charge is 0.493 e. The molecule has 0 amide bonds. The van der Waals surface area contributed by atoms with E-state index in [0.29, 0.717) is 21.8 Å².